The summed E-state index contributed by atoms with van der Waals surface area (Å²) >= 11 is 0. The summed E-state index contributed by atoms with van der Waals surface area (Å²) in [4.78, 5) is 21.4. The molecule has 1 amide bonds. The van der Waals surface area contributed by atoms with E-state index in [0.29, 0.717) is 6.29 Å². The van der Waals surface area contributed by atoms with Crippen molar-refractivity contribution in [1.29, 1.82) is 0 Å². The summed E-state index contributed by atoms with van der Waals surface area (Å²) in [7, 11) is 0. The summed E-state index contributed by atoms with van der Waals surface area (Å²) in [6, 6.07) is -2.92. The molecule has 0 rings (SSSR count). The minimum Gasteiger partial charge on any atom is -0.394 e. The molecule has 1 unspecified atom stereocenters. The molecule has 7 N–H and O–H groups in total. The van der Waals surface area contributed by atoms with Gasteiger partial charge in [-0.25, -0.2) is 0 Å². The molecule has 7 heteroatoms. The summed E-state index contributed by atoms with van der Waals surface area (Å²) in [6.07, 6.45) is -0.999. The van der Waals surface area contributed by atoms with Crippen molar-refractivity contribution >= 4 is 12.2 Å². The summed E-state index contributed by atoms with van der Waals surface area (Å²) in [5.74, 6) is -0.536. The molecule has 0 fully saturated rings. The highest BCUT2D eigenvalue weighted by Gasteiger charge is 2.26. The van der Waals surface area contributed by atoms with E-state index in [1.54, 1.807) is 0 Å². The van der Waals surface area contributed by atoms with Crippen LogP contribution in [-0.2, 0) is 9.59 Å². The lowest BCUT2D eigenvalue weighted by molar-refractivity contribution is -0.125. The molecule has 0 radical (unpaired) electrons. The van der Waals surface area contributed by atoms with E-state index in [0.717, 1.165) is 0 Å². The Morgan fingerprint density at radius 1 is 1.53 bits per heavy atom. The summed E-state index contributed by atoms with van der Waals surface area (Å²) in [5.41, 5.74) is 10.5. The van der Waals surface area contributed by atoms with Crippen LogP contribution in [0.5, 0.6) is 0 Å². The van der Waals surface area contributed by atoms with Crippen molar-refractivity contribution in [2.24, 2.45) is 11.5 Å². The topological polar surface area (TPSA) is 139 Å². The number of carbonyl (C=O) groups is 2. The first-order valence-electron chi connectivity index (χ1n) is 4.49. The molecule has 0 bridgehead atoms. The number of rotatable bonds is 6. The highest BCUT2D eigenvalue weighted by molar-refractivity contribution is 5.81. The third kappa shape index (κ3) is 4.34. The van der Waals surface area contributed by atoms with E-state index in [9.17, 15) is 14.7 Å². The monoisotopic (exact) mass is 219 g/mol. The SMILES string of the molecule is CC(N)C(=O)N[C@@H](CO)[C@H](O)[C@@H](N)C=O. The maximum absolute atomic E-state index is 11.1. The van der Waals surface area contributed by atoms with Crippen molar-refractivity contribution in [2.45, 2.75) is 31.2 Å². The van der Waals surface area contributed by atoms with Gasteiger partial charge in [-0.2, -0.15) is 0 Å². The Kier molecular flexibility index (Phi) is 6.02. The van der Waals surface area contributed by atoms with Gasteiger partial charge in [0, 0.05) is 0 Å². The van der Waals surface area contributed by atoms with Gasteiger partial charge in [0.15, 0.2) is 0 Å². The molecule has 88 valence electrons. The predicted molar refractivity (Wildman–Crippen MR) is 52.7 cm³/mol. The standard InChI is InChI=1S/C8H17N3O4/c1-4(9)8(15)11-6(3-13)7(14)5(10)2-12/h2,4-7,13-14H,3,9-10H2,1H3,(H,11,15)/t4?,5-,6-,7+/m0/s1. The van der Waals surface area contributed by atoms with Gasteiger partial charge >= 0.3 is 0 Å². The number of aldehydes is 1. The maximum Gasteiger partial charge on any atom is 0.237 e. The largest absolute Gasteiger partial charge is 0.394 e. The molecule has 0 aromatic carbocycles. The van der Waals surface area contributed by atoms with Crippen LogP contribution in [0.4, 0.5) is 0 Å². The Labute approximate surface area is 87.4 Å². The number of hydrogen-bond donors (Lipinski definition) is 5. The number of carbonyl (C=O) groups excluding carboxylic acids is 2. The zero-order valence-corrected chi connectivity index (χ0v) is 8.46. The minimum atomic E-state index is -1.34. The van der Waals surface area contributed by atoms with E-state index in [4.69, 9.17) is 16.6 Å². The first-order chi connectivity index (χ1) is 6.93. The van der Waals surface area contributed by atoms with Crippen LogP contribution < -0.4 is 16.8 Å². The van der Waals surface area contributed by atoms with Crippen LogP contribution in [0, 0.1) is 0 Å². The lowest BCUT2D eigenvalue weighted by atomic mass is 10.1. The summed E-state index contributed by atoms with van der Waals surface area (Å²) in [6.45, 7) is 0.928. The molecule has 0 aliphatic carbocycles. The number of nitrogens with two attached hydrogens (primary N) is 2. The molecule has 0 aliphatic rings. The summed E-state index contributed by atoms with van der Waals surface area (Å²) < 4.78 is 0. The molecular weight excluding hydrogens is 202 g/mol. The van der Waals surface area contributed by atoms with Gasteiger partial charge in [-0.3, -0.25) is 4.79 Å². The highest BCUT2D eigenvalue weighted by atomic mass is 16.3. The van der Waals surface area contributed by atoms with Crippen LogP contribution in [0.15, 0.2) is 0 Å². The van der Waals surface area contributed by atoms with Crippen LogP contribution in [0.3, 0.4) is 0 Å². The summed E-state index contributed by atoms with van der Waals surface area (Å²) in [5, 5.41) is 20.6. The predicted octanol–water partition coefficient (Wildman–Crippen LogP) is -3.30. The number of amides is 1. The highest BCUT2D eigenvalue weighted by Crippen LogP contribution is 1.97. The molecule has 15 heavy (non-hydrogen) atoms. The van der Waals surface area contributed by atoms with Gasteiger partial charge < -0.3 is 31.8 Å². The van der Waals surface area contributed by atoms with E-state index in [2.05, 4.69) is 5.32 Å². The fourth-order valence-corrected chi connectivity index (χ4v) is 0.902. The lowest BCUT2D eigenvalue weighted by Gasteiger charge is -2.24. The van der Waals surface area contributed by atoms with Crippen LogP contribution in [0.2, 0.25) is 0 Å². The Balaban J connectivity index is 4.36. The van der Waals surface area contributed by atoms with Gasteiger partial charge in [0.05, 0.1) is 30.8 Å². The van der Waals surface area contributed by atoms with Crippen LogP contribution in [-0.4, -0.2) is 53.2 Å². The molecule has 0 aliphatic heterocycles. The van der Waals surface area contributed by atoms with Crippen molar-refractivity contribution in [2.75, 3.05) is 6.61 Å². The zero-order valence-electron chi connectivity index (χ0n) is 8.46. The first-order valence-corrected chi connectivity index (χ1v) is 4.49. The maximum atomic E-state index is 11.1. The Hall–Kier alpha value is -1.02. The average molecular weight is 219 g/mol. The van der Waals surface area contributed by atoms with Crippen molar-refractivity contribution < 1.29 is 19.8 Å². The lowest BCUT2D eigenvalue weighted by Crippen LogP contribution is -2.56. The average Bonchev–Trinajstić information content (AvgIpc) is 2.23. The van der Waals surface area contributed by atoms with Gasteiger partial charge in [0.25, 0.3) is 0 Å². The van der Waals surface area contributed by atoms with Crippen molar-refractivity contribution in [3.63, 3.8) is 0 Å². The van der Waals surface area contributed by atoms with Gasteiger partial charge in [-0.15, -0.1) is 0 Å². The van der Waals surface area contributed by atoms with Crippen LogP contribution in [0.1, 0.15) is 6.92 Å². The number of aliphatic hydroxyl groups is 2. The van der Waals surface area contributed by atoms with E-state index in [1.807, 2.05) is 0 Å². The van der Waals surface area contributed by atoms with Gasteiger partial charge in [-0.1, -0.05) is 0 Å². The van der Waals surface area contributed by atoms with E-state index in [1.165, 1.54) is 6.92 Å². The van der Waals surface area contributed by atoms with Crippen molar-refractivity contribution in [3.05, 3.63) is 0 Å². The number of aliphatic hydroxyl groups excluding tert-OH is 2. The minimum absolute atomic E-state index is 0.339. The van der Waals surface area contributed by atoms with E-state index in [-0.39, 0.29) is 0 Å². The zero-order chi connectivity index (χ0) is 12.0. The fourth-order valence-electron chi connectivity index (χ4n) is 0.902. The van der Waals surface area contributed by atoms with Gasteiger partial charge in [-0.05, 0) is 6.92 Å². The van der Waals surface area contributed by atoms with E-state index < -0.39 is 36.7 Å². The van der Waals surface area contributed by atoms with Crippen molar-refractivity contribution in [3.8, 4) is 0 Å². The molecule has 0 aromatic heterocycles. The normalized spacial score (nSPS) is 18.7. The quantitative estimate of drug-likeness (QED) is 0.296. The first kappa shape index (κ1) is 14.0. The van der Waals surface area contributed by atoms with Crippen LogP contribution in [0.25, 0.3) is 0 Å². The van der Waals surface area contributed by atoms with Crippen LogP contribution >= 0.6 is 0 Å². The molecule has 7 nitrogen and oxygen atoms in total. The fraction of sp³-hybridized carbons (Fsp3) is 0.750. The molecule has 0 saturated carbocycles. The Morgan fingerprint density at radius 2 is 2.07 bits per heavy atom. The third-order valence-corrected chi connectivity index (χ3v) is 1.90. The Morgan fingerprint density at radius 3 is 2.40 bits per heavy atom. The second-order valence-corrected chi connectivity index (χ2v) is 3.29. The third-order valence-electron chi connectivity index (χ3n) is 1.90. The molecule has 4 atom stereocenters. The smallest absolute Gasteiger partial charge is 0.237 e. The molecule has 0 spiro atoms. The molecule has 0 saturated heterocycles. The van der Waals surface area contributed by atoms with Crippen molar-refractivity contribution in [1.82, 2.24) is 5.32 Å². The number of hydrogen-bond acceptors (Lipinski definition) is 6. The molecule has 0 heterocycles. The molecule has 0 aromatic rings. The Bertz CT molecular complexity index is 222. The molecular formula is C8H17N3O4. The van der Waals surface area contributed by atoms with E-state index >= 15 is 0 Å². The van der Waals surface area contributed by atoms with Gasteiger partial charge in [0.1, 0.15) is 6.29 Å². The second-order valence-electron chi connectivity index (χ2n) is 3.29. The second kappa shape index (κ2) is 6.46. The number of nitrogens with one attached hydrogen (secondary N) is 1. The van der Waals surface area contributed by atoms with Gasteiger partial charge in [0.2, 0.25) is 5.91 Å².